The van der Waals surface area contributed by atoms with E-state index in [9.17, 15) is 4.79 Å². The molecule has 1 aromatic rings. The third-order valence-corrected chi connectivity index (χ3v) is 5.13. The summed E-state index contributed by atoms with van der Waals surface area (Å²) in [6.45, 7) is 4.53. The molecule has 0 bridgehead atoms. The summed E-state index contributed by atoms with van der Waals surface area (Å²) in [7, 11) is 7.59. The number of guanidine groups is 1. The highest BCUT2D eigenvalue weighted by molar-refractivity contribution is 5.81. The number of piperidine rings is 1. The number of hydrogen-bond acceptors (Lipinski definition) is 5. The average molecular weight is 391 g/mol. The van der Waals surface area contributed by atoms with Crippen molar-refractivity contribution in [2.24, 2.45) is 10.9 Å². The van der Waals surface area contributed by atoms with E-state index in [0.717, 1.165) is 31.1 Å². The number of aliphatic imine (C=N–C) groups is 1. The van der Waals surface area contributed by atoms with Crippen LogP contribution in [0.15, 0.2) is 29.3 Å². The maximum absolute atomic E-state index is 12.1. The minimum absolute atomic E-state index is 0.0847. The van der Waals surface area contributed by atoms with E-state index in [4.69, 9.17) is 9.47 Å². The molecule has 7 nitrogen and oxygen atoms in total. The molecular weight excluding hydrogens is 356 g/mol. The quantitative estimate of drug-likeness (QED) is 0.437. The van der Waals surface area contributed by atoms with Crippen LogP contribution in [0, 0.1) is 5.92 Å². The summed E-state index contributed by atoms with van der Waals surface area (Å²) in [6, 6.07) is 8.33. The molecule has 1 fully saturated rings. The monoisotopic (exact) mass is 390 g/mol. The number of benzene rings is 1. The minimum atomic E-state index is -0.105. The fourth-order valence-electron chi connectivity index (χ4n) is 3.57. The van der Waals surface area contributed by atoms with Gasteiger partial charge in [0.15, 0.2) is 5.96 Å². The number of rotatable bonds is 7. The van der Waals surface area contributed by atoms with E-state index in [1.54, 1.807) is 14.2 Å². The van der Waals surface area contributed by atoms with E-state index >= 15 is 0 Å². The van der Waals surface area contributed by atoms with E-state index in [-0.39, 0.29) is 17.9 Å². The third-order valence-electron chi connectivity index (χ3n) is 5.13. The molecule has 28 heavy (non-hydrogen) atoms. The van der Waals surface area contributed by atoms with E-state index in [1.165, 1.54) is 5.56 Å². The predicted octanol–water partition coefficient (Wildman–Crippen LogP) is 2.15. The fraction of sp³-hybridized carbons (Fsp3) is 0.619. The number of esters is 1. The lowest BCUT2D eigenvalue weighted by Gasteiger charge is -2.35. The molecule has 2 unspecified atom stereocenters. The molecule has 1 heterocycles. The minimum Gasteiger partial charge on any atom is -0.497 e. The van der Waals surface area contributed by atoms with Crippen LogP contribution in [-0.4, -0.2) is 76.2 Å². The van der Waals surface area contributed by atoms with Crippen LogP contribution in [-0.2, 0) is 9.53 Å². The average Bonchev–Trinajstić information content (AvgIpc) is 2.71. The Hall–Kier alpha value is -2.28. The Labute approximate surface area is 168 Å². The standard InChI is InChI=1S/C21H34N4O3/c1-6-28-20(26)17-8-7-13-25(15-17)21(22-2)23-14-19(24(3)4)16-9-11-18(27-5)12-10-16/h9-12,17,19H,6-8,13-15H2,1-5H3,(H,22,23). The van der Waals surface area contributed by atoms with Gasteiger partial charge < -0.3 is 24.6 Å². The number of nitrogens with zero attached hydrogens (tertiary/aromatic N) is 3. The lowest BCUT2D eigenvalue weighted by atomic mass is 9.98. The number of nitrogens with one attached hydrogen (secondary N) is 1. The molecular formula is C21H34N4O3. The van der Waals surface area contributed by atoms with E-state index < -0.39 is 0 Å². The van der Waals surface area contributed by atoms with Crippen molar-refractivity contribution in [2.45, 2.75) is 25.8 Å². The van der Waals surface area contributed by atoms with Gasteiger partial charge in [-0.2, -0.15) is 0 Å². The van der Waals surface area contributed by atoms with Gasteiger partial charge in [0.25, 0.3) is 0 Å². The zero-order chi connectivity index (χ0) is 20.5. The number of carbonyl (C=O) groups is 1. The largest absolute Gasteiger partial charge is 0.497 e. The SMILES string of the molecule is CCOC(=O)C1CCCN(C(=NC)NCC(c2ccc(OC)cc2)N(C)C)C1. The van der Waals surface area contributed by atoms with Crippen molar-refractivity contribution in [3.8, 4) is 5.75 Å². The number of likely N-dealkylation sites (tertiary alicyclic amines) is 1. The normalized spacial score (nSPS) is 18.7. The Kier molecular flexibility index (Phi) is 8.57. The van der Waals surface area contributed by atoms with Crippen LogP contribution < -0.4 is 10.1 Å². The number of hydrogen-bond donors (Lipinski definition) is 1. The molecule has 0 spiro atoms. The second-order valence-electron chi connectivity index (χ2n) is 7.22. The van der Waals surface area contributed by atoms with Crippen molar-refractivity contribution in [1.82, 2.24) is 15.1 Å². The van der Waals surface area contributed by atoms with Gasteiger partial charge in [-0.05, 0) is 51.6 Å². The Bertz CT molecular complexity index is 646. The summed E-state index contributed by atoms with van der Waals surface area (Å²) in [5.74, 6) is 1.49. The van der Waals surface area contributed by atoms with E-state index in [2.05, 4.69) is 46.3 Å². The highest BCUT2D eigenvalue weighted by Gasteiger charge is 2.28. The first-order chi connectivity index (χ1) is 13.5. The zero-order valence-corrected chi connectivity index (χ0v) is 17.8. The maximum Gasteiger partial charge on any atom is 0.310 e. The molecule has 156 valence electrons. The molecule has 1 N–H and O–H groups in total. The molecule has 1 aromatic carbocycles. The van der Waals surface area contributed by atoms with E-state index in [1.807, 2.05) is 19.1 Å². The second kappa shape index (κ2) is 10.9. The van der Waals surface area contributed by atoms with Gasteiger partial charge in [-0.1, -0.05) is 12.1 Å². The van der Waals surface area contributed by atoms with Crippen LogP contribution >= 0.6 is 0 Å². The highest BCUT2D eigenvalue weighted by Crippen LogP contribution is 2.22. The van der Waals surface area contributed by atoms with Gasteiger partial charge in [0.1, 0.15) is 5.75 Å². The van der Waals surface area contributed by atoms with Gasteiger partial charge in [-0.15, -0.1) is 0 Å². The molecule has 0 radical (unpaired) electrons. The summed E-state index contributed by atoms with van der Waals surface area (Å²) in [5.41, 5.74) is 1.21. The molecule has 1 aliphatic heterocycles. The molecule has 7 heteroatoms. The maximum atomic E-state index is 12.1. The molecule has 2 atom stereocenters. The predicted molar refractivity (Wildman–Crippen MR) is 112 cm³/mol. The molecule has 2 rings (SSSR count). The Morgan fingerprint density at radius 1 is 1.36 bits per heavy atom. The molecule has 0 aliphatic carbocycles. The van der Waals surface area contributed by atoms with Crippen LogP contribution in [0.5, 0.6) is 5.75 Å². The third kappa shape index (κ3) is 5.86. The zero-order valence-electron chi connectivity index (χ0n) is 17.8. The molecule has 1 saturated heterocycles. The number of carbonyl (C=O) groups excluding carboxylic acids is 1. The summed E-state index contributed by atoms with van der Waals surface area (Å²) < 4.78 is 10.5. The smallest absolute Gasteiger partial charge is 0.310 e. The van der Waals surface area contributed by atoms with Gasteiger partial charge in [0, 0.05) is 26.7 Å². The first kappa shape index (κ1) is 22.0. The van der Waals surface area contributed by atoms with Crippen LogP contribution in [0.3, 0.4) is 0 Å². The van der Waals surface area contributed by atoms with Gasteiger partial charge in [-0.3, -0.25) is 9.79 Å². The van der Waals surface area contributed by atoms with Crippen LogP contribution in [0.2, 0.25) is 0 Å². The van der Waals surface area contributed by atoms with Gasteiger partial charge in [0.05, 0.1) is 25.7 Å². The van der Waals surface area contributed by atoms with Crippen molar-refractivity contribution >= 4 is 11.9 Å². The highest BCUT2D eigenvalue weighted by atomic mass is 16.5. The summed E-state index contributed by atoms with van der Waals surface area (Å²) >= 11 is 0. The van der Waals surface area contributed by atoms with Crippen molar-refractivity contribution < 1.29 is 14.3 Å². The van der Waals surface area contributed by atoms with Crippen LogP contribution in [0.4, 0.5) is 0 Å². The van der Waals surface area contributed by atoms with E-state index in [0.29, 0.717) is 19.7 Å². The summed E-state index contributed by atoms with van der Waals surface area (Å²) in [5, 5.41) is 3.49. The first-order valence-electron chi connectivity index (χ1n) is 9.92. The fourth-order valence-corrected chi connectivity index (χ4v) is 3.57. The topological polar surface area (TPSA) is 66.4 Å². The first-order valence-corrected chi connectivity index (χ1v) is 9.92. The molecule has 0 aromatic heterocycles. The molecule has 0 saturated carbocycles. The van der Waals surface area contributed by atoms with Crippen LogP contribution in [0.1, 0.15) is 31.4 Å². The summed E-state index contributed by atoms with van der Waals surface area (Å²) in [4.78, 5) is 20.9. The Balaban J connectivity index is 2.01. The second-order valence-corrected chi connectivity index (χ2v) is 7.22. The van der Waals surface area contributed by atoms with Crippen molar-refractivity contribution in [3.63, 3.8) is 0 Å². The Morgan fingerprint density at radius 3 is 2.64 bits per heavy atom. The number of methoxy groups -OCH3 is 1. The molecule has 1 aliphatic rings. The number of likely N-dealkylation sites (N-methyl/N-ethyl adjacent to an activating group) is 1. The van der Waals surface area contributed by atoms with Crippen molar-refractivity contribution in [3.05, 3.63) is 29.8 Å². The Morgan fingerprint density at radius 2 is 2.07 bits per heavy atom. The van der Waals surface area contributed by atoms with Gasteiger partial charge >= 0.3 is 5.97 Å². The number of ether oxygens (including phenoxy) is 2. The van der Waals surface area contributed by atoms with Crippen LogP contribution in [0.25, 0.3) is 0 Å². The van der Waals surface area contributed by atoms with Crippen molar-refractivity contribution in [2.75, 3.05) is 54.5 Å². The van der Waals surface area contributed by atoms with Gasteiger partial charge in [-0.25, -0.2) is 0 Å². The molecule has 0 amide bonds. The lowest BCUT2D eigenvalue weighted by Crippen LogP contribution is -2.49. The lowest BCUT2D eigenvalue weighted by molar-refractivity contribution is -0.149. The van der Waals surface area contributed by atoms with Crippen molar-refractivity contribution in [1.29, 1.82) is 0 Å². The van der Waals surface area contributed by atoms with Gasteiger partial charge in [0.2, 0.25) is 0 Å². The summed E-state index contributed by atoms with van der Waals surface area (Å²) in [6.07, 6.45) is 1.83.